The molecule has 0 N–H and O–H groups in total. The number of hydrogen-bond acceptors (Lipinski definition) is 0. The summed E-state index contributed by atoms with van der Waals surface area (Å²) in [4.78, 5) is 0. The third kappa shape index (κ3) is 1.44. The Morgan fingerprint density at radius 3 is 2.78 bits per heavy atom. The van der Waals surface area contributed by atoms with Gasteiger partial charge in [0.2, 0.25) is 0 Å². The van der Waals surface area contributed by atoms with Crippen molar-refractivity contribution < 1.29 is 0 Å². The van der Waals surface area contributed by atoms with Gasteiger partial charge in [0, 0.05) is 0 Å². The first-order valence-corrected chi connectivity index (χ1v) is 3.67. The van der Waals surface area contributed by atoms with Crippen LogP contribution in [0.4, 0.5) is 0 Å². The Hall–Kier alpha value is -0.520. The highest BCUT2D eigenvalue weighted by molar-refractivity contribution is 5.17. The van der Waals surface area contributed by atoms with Gasteiger partial charge in [0.15, 0.2) is 0 Å². The van der Waals surface area contributed by atoms with Crippen molar-refractivity contribution in [2.45, 2.75) is 26.2 Å². The van der Waals surface area contributed by atoms with Crippen LogP contribution in [-0.2, 0) is 0 Å². The average molecular weight is 122 g/mol. The highest BCUT2D eigenvalue weighted by Crippen LogP contribution is 2.34. The number of rotatable bonds is 2. The van der Waals surface area contributed by atoms with Gasteiger partial charge in [-0.05, 0) is 18.8 Å². The van der Waals surface area contributed by atoms with Gasteiger partial charge < -0.3 is 0 Å². The molecule has 0 spiro atoms. The monoisotopic (exact) mass is 122 g/mol. The molecule has 0 saturated heterocycles. The summed E-state index contributed by atoms with van der Waals surface area (Å²) >= 11 is 0. The maximum atomic E-state index is 3.66. The van der Waals surface area contributed by atoms with Gasteiger partial charge >= 0.3 is 0 Å². The molecule has 0 heterocycles. The zero-order valence-electron chi connectivity index (χ0n) is 6.06. The van der Waals surface area contributed by atoms with Crippen LogP contribution in [0.1, 0.15) is 26.2 Å². The highest BCUT2D eigenvalue weighted by Gasteiger charge is 2.19. The molecule has 0 atom stereocenters. The van der Waals surface area contributed by atoms with Crippen molar-refractivity contribution in [1.82, 2.24) is 0 Å². The molecule has 0 aromatic carbocycles. The van der Waals surface area contributed by atoms with Gasteiger partial charge in [-0.25, -0.2) is 0 Å². The molecule has 1 saturated carbocycles. The first-order chi connectivity index (χ1) is 4.36. The Bertz CT molecular complexity index is 123. The smallest absolute Gasteiger partial charge is 0.0286 e. The van der Waals surface area contributed by atoms with Gasteiger partial charge in [0.25, 0.3) is 0 Å². The fraction of sp³-hybridized carbons (Fsp3) is 0.556. The van der Waals surface area contributed by atoms with Crippen molar-refractivity contribution in [2.24, 2.45) is 5.92 Å². The molecule has 1 aliphatic rings. The van der Waals surface area contributed by atoms with Crippen molar-refractivity contribution in [3.05, 3.63) is 24.3 Å². The van der Waals surface area contributed by atoms with Crippen molar-refractivity contribution in [3.63, 3.8) is 0 Å². The summed E-state index contributed by atoms with van der Waals surface area (Å²) in [6.07, 6.45) is 8.02. The fourth-order valence-electron chi connectivity index (χ4n) is 1.27. The van der Waals surface area contributed by atoms with E-state index in [-0.39, 0.29) is 0 Å². The maximum Gasteiger partial charge on any atom is -0.0286 e. The molecular weight excluding hydrogens is 108 g/mol. The van der Waals surface area contributed by atoms with E-state index in [0.29, 0.717) is 0 Å². The molecule has 9 heavy (non-hydrogen) atoms. The molecule has 0 unspecified atom stereocenters. The van der Waals surface area contributed by atoms with Gasteiger partial charge in [-0.3, -0.25) is 0 Å². The summed E-state index contributed by atoms with van der Waals surface area (Å²) in [7, 11) is 0. The third-order valence-electron chi connectivity index (χ3n) is 2.03. The first-order valence-electron chi connectivity index (χ1n) is 3.67. The highest BCUT2D eigenvalue weighted by atomic mass is 14.2. The van der Waals surface area contributed by atoms with Crippen LogP contribution in [0.3, 0.4) is 0 Å². The Morgan fingerprint density at radius 2 is 2.33 bits per heavy atom. The number of hydrogen-bond donors (Lipinski definition) is 0. The fourth-order valence-corrected chi connectivity index (χ4v) is 1.27. The number of allylic oxidation sites excluding steroid dienone is 3. The first kappa shape index (κ1) is 6.60. The lowest BCUT2D eigenvalue weighted by Crippen LogP contribution is -2.12. The molecular formula is C9H14. The molecule has 1 aliphatic carbocycles. The van der Waals surface area contributed by atoms with Crippen LogP contribution < -0.4 is 0 Å². The molecule has 0 aliphatic heterocycles. The van der Waals surface area contributed by atoms with Gasteiger partial charge in [0.1, 0.15) is 0 Å². The Labute approximate surface area is 57.3 Å². The summed E-state index contributed by atoms with van der Waals surface area (Å²) in [5, 5.41) is 0. The minimum absolute atomic E-state index is 0.983. The van der Waals surface area contributed by atoms with Gasteiger partial charge in [-0.1, -0.05) is 37.6 Å². The van der Waals surface area contributed by atoms with Crippen LogP contribution in [0, 0.1) is 5.92 Å². The van der Waals surface area contributed by atoms with E-state index in [2.05, 4.69) is 19.6 Å². The molecule has 0 radical (unpaired) electrons. The minimum Gasteiger partial charge on any atom is -0.0991 e. The largest absolute Gasteiger partial charge is 0.0991 e. The molecule has 1 fully saturated rings. The van der Waals surface area contributed by atoms with Crippen molar-refractivity contribution in [2.75, 3.05) is 0 Å². The van der Waals surface area contributed by atoms with Crippen LogP contribution >= 0.6 is 0 Å². The van der Waals surface area contributed by atoms with E-state index in [4.69, 9.17) is 0 Å². The molecule has 0 amide bonds. The van der Waals surface area contributed by atoms with Crippen molar-refractivity contribution >= 4 is 0 Å². The van der Waals surface area contributed by atoms with Gasteiger partial charge in [-0.2, -0.15) is 0 Å². The van der Waals surface area contributed by atoms with Crippen LogP contribution in [-0.4, -0.2) is 0 Å². The van der Waals surface area contributed by atoms with Crippen LogP contribution in [0.5, 0.6) is 0 Å². The Balaban J connectivity index is 2.26. The van der Waals surface area contributed by atoms with E-state index in [0.717, 1.165) is 5.92 Å². The van der Waals surface area contributed by atoms with Crippen LogP contribution in [0.15, 0.2) is 24.3 Å². The van der Waals surface area contributed by atoms with Gasteiger partial charge in [0.05, 0.1) is 0 Å². The molecule has 0 nitrogen and oxygen atoms in total. The summed E-state index contributed by atoms with van der Waals surface area (Å²) < 4.78 is 0. The van der Waals surface area contributed by atoms with E-state index < -0.39 is 0 Å². The maximum absolute atomic E-state index is 3.66. The molecule has 0 aromatic rings. The predicted molar refractivity (Wildman–Crippen MR) is 41.3 cm³/mol. The second kappa shape index (κ2) is 2.86. The van der Waals surface area contributed by atoms with E-state index in [1.165, 1.54) is 19.3 Å². The topological polar surface area (TPSA) is 0 Å². The SMILES string of the molecule is C=CC=C1CC(CC)C1. The molecule has 1 rings (SSSR count). The van der Waals surface area contributed by atoms with E-state index in [1.54, 1.807) is 5.57 Å². The molecule has 0 aromatic heterocycles. The normalized spacial score (nSPS) is 25.0. The van der Waals surface area contributed by atoms with Crippen molar-refractivity contribution in [1.29, 1.82) is 0 Å². The summed E-state index contributed by atoms with van der Waals surface area (Å²) in [5.41, 5.74) is 1.58. The van der Waals surface area contributed by atoms with E-state index >= 15 is 0 Å². The summed E-state index contributed by atoms with van der Waals surface area (Å²) in [6, 6.07) is 0. The van der Waals surface area contributed by atoms with Crippen molar-refractivity contribution in [3.8, 4) is 0 Å². The third-order valence-corrected chi connectivity index (χ3v) is 2.03. The Morgan fingerprint density at radius 1 is 1.67 bits per heavy atom. The molecule has 0 bridgehead atoms. The second-order valence-corrected chi connectivity index (χ2v) is 2.74. The Kier molecular flexibility index (Phi) is 2.10. The average Bonchev–Trinajstić information content (AvgIpc) is 1.77. The lowest BCUT2D eigenvalue weighted by molar-refractivity contribution is 0.405. The zero-order valence-corrected chi connectivity index (χ0v) is 6.06. The quantitative estimate of drug-likeness (QED) is 0.528. The zero-order chi connectivity index (χ0) is 6.69. The van der Waals surface area contributed by atoms with E-state index in [9.17, 15) is 0 Å². The summed E-state index contributed by atoms with van der Waals surface area (Å²) in [6.45, 7) is 5.92. The van der Waals surface area contributed by atoms with Gasteiger partial charge in [-0.15, -0.1) is 0 Å². The standard InChI is InChI=1S/C9H14/c1-3-5-9-6-8(4-2)7-9/h3,5,8H,1,4,6-7H2,2H3. The molecule has 50 valence electrons. The van der Waals surface area contributed by atoms with Crippen LogP contribution in [0.25, 0.3) is 0 Å². The lowest BCUT2D eigenvalue weighted by atomic mass is 9.78. The minimum atomic E-state index is 0.983. The second-order valence-electron chi connectivity index (χ2n) is 2.74. The molecule has 0 heteroatoms. The predicted octanol–water partition coefficient (Wildman–Crippen LogP) is 2.92. The van der Waals surface area contributed by atoms with E-state index in [1.807, 2.05) is 6.08 Å². The van der Waals surface area contributed by atoms with Crippen LogP contribution in [0.2, 0.25) is 0 Å². The summed E-state index contributed by atoms with van der Waals surface area (Å²) in [5.74, 6) is 0.983. The lowest BCUT2D eigenvalue weighted by Gasteiger charge is -2.27.